The lowest BCUT2D eigenvalue weighted by Gasteiger charge is -2.10. The Morgan fingerprint density at radius 1 is 1.46 bits per heavy atom. The van der Waals surface area contributed by atoms with Gasteiger partial charge >= 0.3 is 0 Å². The van der Waals surface area contributed by atoms with Gasteiger partial charge in [-0.1, -0.05) is 30.3 Å². The van der Waals surface area contributed by atoms with E-state index in [1.165, 1.54) is 0 Å². The summed E-state index contributed by atoms with van der Waals surface area (Å²) in [6.07, 6.45) is 0.396. The highest BCUT2D eigenvalue weighted by molar-refractivity contribution is 5.79. The van der Waals surface area contributed by atoms with E-state index < -0.39 is 11.9 Å². The Labute approximate surface area is 76.3 Å². The van der Waals surface area contributed by atoms with Crippen molar-refractivity contribution in [2.24, 2.45) is 5.73 Å². The van der Waals surface area contributed by atoms with Gasteiger partial charge in [-0.25, -0.2) is 0 Å². The van der Waals surface area contributed by atoms with Gasteiger partial charge in [-0.15, -0.1) is 0 Å². The summed E-state index contributed by atoms with van der Waals surface area (Å²) in [5.74, 6) is -0.564. The molecule has 0 aromatic heterocycles. The first-order chi connectivity index (χ1) is 6.24. The number of carbonyl (C=O) groups is 1. The van der Waals surface area contributed by atoms with Gasteiger partial charge in [0.15, 0.2) is 0 Å². The molecule has 1 amide bonds. The molecular formula is C9H12N2O2. The summed E-state index contributed by atoms with van der Waals surface area (Å²) in [5.41, 5.74) is 7.86. The van der Waals surface area contributed by atoms with Crippen molar-refractivity contribution >= 4 is 5.91 Å². The van der Waals surface area contributed by atoms with Crippen molar-refractivity contribution < 1.29 is 10.0 Å². The number of nitrogens with two attached hydrogens (primary N) is 1. The number of amides is 1. The molecule has 0 aliphatic carbocycles. The molecule has 70 valence electrons. The van der Waals surface area contributed by atoms with Gasteiger partial charge in [0.2, 0.25) is 5.91 Å². The van der Waals surface area contributed by atoms with E-state index in [0.717, 1.165) is 5.56 Å². The maximum atomic E-state index is 10.7. The molecule has 0 radical (unpaired) electrons. The van der Waals surface area contributed by atoms with Gasteiger partial charge in [0.25, 0.3) is 0 Å². The number of hydrogen-bond acceptors (Lipinski definition) is 3. The van der Waals surface area contributed by atoms with Crippen LogP contribution in [-0.4, -0.2) is 17.2 Å². The highest BCUT2D eigenvalue weighted by Gasteiger charge is 2.13. The summed E-state index contributed by atoms with van der Waals surface area (Å²) in [7, 11) is 0. The molecule has 0 aliphatic rings. The minimum absolute atomic E-state index is 0.396. The molecule has 1 aromatic rings. The molecule has 13 heavy (non-hydrogen) atoms. The Balaban J connectivity index is 2.62. The van der Waals surface area contributed by atoms with Crippen LogP contribution in [0.25, 0.3) is 0 Å². The predicted octanol–water partition coefficient (Wildman–Crippen LogP) is 0.0618. The van der Waals surface area contributed by atoms with Gasteiger partial charge < -0.3 is 10.9 Å². The van der Waals surface area contributed by atoms with Crippen LogP contribution in [0.5, 0.6) is 0 Å². The van der Waals surface area contributed by atoms with Crippen molar-refractivity contribution in [3.63, 3.8) is 0 Å². The maximum absolute atomic E-state index is 10.7. The van der Waals surface area contributed by atoms with Gasteiger partial charge in [-0.3, -0.25) is 4.79 Å². The predicted molar refractivity (Wildman–Crippen MR) is 48.1 cm³/mol. The highest BCUT2D eigenvalue weighted by atomic mass is 16.5. The maximum Gasteiger partial charge on any atom is 0.237 e. The second-order valence-electron chi connectivity index (χ2n) is 2.77. The molecule has 0 bridgehead atoms. The van der Waals surface area contributed by atoms with Crippen LogP contribution in [0.4, 0.5) is 0 Å². The first-order valence-corrected chi connectivity index (χ1v) is 3.97. The minimum atomic E-state index is -0.720. The molecule has 1 atom stereocenters. The zero-order valence-electron chi connectivity index (χ0n) is 7.10. The van der Waals surface area contributed by atoms with Crippen molar-refractivity contribution in [3.05, 3.63) is 35.9 Å². The molecule has 4 N–H and O–H groups in total. The normalized spacial score (nSPS) is 12.4. The Hall–Kier alpha value is -1.39. The topological polar surface area (TPSA) is 75.4 Å². The standard InChI is InChI=1S/C9H12N2O2/c10-9(12)8(11-13)6-7-4-2-1-3-5-7/h1-5,8,11,13H,6H2,(H2,10,12). The minimum Gasteiger partial charge on any atom is -0.368 e. The van der Waals surface area contributed by atoms with E-state index in [9.17, 15) is 4.79 Å². The van der Waals surface area contributed by atoms with Crippen molar-refractivity contribution in [2.75, 3.05) is 0 Å². The lowest BCUT2D eigenvalue weighted by Crippen LogP contribution is -2.41. The average molecular weight is 180 g/mol. The molecule has 0 heterocycles. The van der Waals surface area contributed by atoms with Crippen LogP contribution >= 0.6 is 0 Å². The Morgan fingerprint density at radius 2 is 2.08 bits per heavy atom. The van der Waals surface area contributed by atoms with Gasteiger partial charge in [0.05, 0.1) is 0 Å². The highest BCUT2D eigenvalue weighted by Crippen LogP contribution is 2.02. The van der Waals surface area contributed by atoms with Crippen LogP contribution < -0.4 is 11.2 Å². The van der Waals surface area contributed by atoms with Gasteiger partial charge in [0.1, 0.15) is 6.04 Å². The van der Waals surface area contributed by atoms with Crippen LogP contribution in [-0.2, 0) is 11.2 Å². The fourth-order valence-corrected chi connectivity index (χ4v) is 1.06. The molecular weight excluding hydrogens is 168 g/mol. The lowest BCUT2D eigenvalue weighted by atomic mass is 10.1. The summed E-state index contributed by atoms with van der Waals surface area (Å²) in [6, 6.07) is 8.63. The molecule has 0 spiro atoms. The van der Waals surface area contributed by atoms with Crippen LogP contribution in [0, 0.1) is 0 Å². The number of rotatable bonds is 4. The molecule has 0 aliphatic heterocycles. The summed E-state index contributed by atoms with van der Waals surface area (Å²) in [6.45, 7) is 0. The zero-order chi connectivity index (χ0) is 9.68. The largest absolute Gasteiger partial charge is 0.368 e. The summed E-state index contributed by atoms with van der Waals surface area (Å²) >= 11 is 0. The van der Waals surface area contributed by atoms with E-state index in [0.29, 0.717) is 6.42 Å². The number of hydrogen-bond donors (Lipinski definition) is 3. The van der Waals surface area contributed by atoms with Gasteiger partial charge in [0, 0.05) is 0 Å². The smallest absolute Gasteiger partial charge is 0.237 e. The fraction of sp³-hybridized carbons (Fsp3) is 0.222. The molecule has 0 saturated carbocycles. The van der Waals surface area contributed by atoms with E-state index in [2.05, 4.69) is 0 Å². The molecule has 0 saturated heterocycles. The van der Waals surface area contributed by atoms with Gasteiger partial charge in [-0.2, -0.15) is 5.48 Å². The molecule has 1 unspecified atom stereocenters. The molecule has 4 heteroatoms. The van der Waals surface area contributed by atoms with E-state index in [1.807, 2.05) is 35.8 Å². The SMILES string of the molecule is NC(=O)C(Cc1ccccc1)NO. The second-order valence-corrected chi connectivity index (χ2v) is 2.77. The third kappa shape index (κ3) is 2.85. The summed E-state index contributed by atoms with van der Waals surface area (Å²) in [5, 5.41) is 8.61. The Morgan fingerprint density at radius 3 is 2.54 bits per heavy atom. The fourth-order valence-electron chi connectivity index (χ4n) is 1.06. The first kappa shape index (κ1) is 9.70. The lowest BCUT2D eigenvalue weighted by molar-refractivity contribution is -0.122. The van der Waals surface area contributed by atoms with Crippen molar-refractivity contribution in [2.45, 2.75) is 12.5 Å². The van der Waals surface area contributed by atoms with Crippen LogP contribution in [0.15, 0.2) is 30.3 Å². The molecule has 1 rings (SSSR count). The number of carbonyl (C=O) groups excluding carboxylic acids is 1. The zero-order valence-corrected chi connectivity index (χ0v) is 7.10. The summed E-state index contributed by atoms with van der Waals surface area (Å²) in [4.78, 5) is 10.7. The van der Waals surface area contributed by atoms with E-state index >= 15 is 0 Å². The number of hydroxylamine groups is 1. The van der Waals surface area contributed by atoms with Crippen LogP contribution in [0.2, 0.25) is 0 Å². The monoisotopic (exact) mass is 180 g/mol. The van der Waals surface area contributed by atoms with Gasteiger partial charge in [-0.05, 0) is 12.0 Å². The summed E-state index contributed by atoms with van der Waals surface area (Å²) < 4.78 is 0. The van der Waals surface area contributed by atoms with Crippen molar-refractivity contribution in [1.29, 1.82) is 0 Å². The quantitative estimate of drug-likeness (QED) is 0.573. The number of nitrogens with one attached hydrogen (secondary N) is 1. The Bertz CT molecular complexity index is 274. The Kier molecular flexibility index (Phi) is 3.42. The van der Waals surface area contributed by atoms with Crippen molar-refractivity contribution in [1.82, 2.24) is 5.48 Å². The average Bonchev–Trinajstić information content (AvgIpc) is 2.15. The van der Waals surface area contributed by atoms with E-state index in [1.54, 1.807) is 0 Å². The number of primary amides is 1. The van der Waals surface area contributed by atoms with Crippen molar-refractivity contribution in [3.8, 4) is 0 Å². The first-order valence-electron chi connectivity index (χ1n) is 3.97. The van der Waals surface area contributed by atoms with Crippen LogP contribution in [0.1, 0.15) is 5.56 Å². The van der Waals surface area contributed by atoms with E-state index in [-0.39, 0.29) is 0 Å². The molecule has 1 aromatic carbocycles. The third-order valence-corrected chi connectivity index (χ3v) is 1.78. The molecule has 4 nitrogen and oxygen atoms in total. The van der Waals surface area contributed by atoms with Crippen LogP contribution in [0.3, 0.4) is 0 Å². The molecule has 0 fully saturated rings. The number of benzene rings is 1. The third-order valence-electron chi connectivity index (χ3n) is 1.78. The second kappa shape index (κ2) is 4.59. The van der Waals surface area contributed by atoms with E-state index in [4.69, 9.17) is 10.9 Å².